The Labute approximate surface area is 145 Å². The highest BCUT2D eigenvalue weighted by Crippen LogP contribution is 2.45. The number of anilines is 1. The molecule has 0 spiro atoms. The summed E-state index contributed by atoms with van der Waals surface area (Å²) in [6.45, 7) is 7.58. The highest BCUT2D eigenvalue weighted by atomic mass is 16.4. The van der Waals surface area contributed by atoms with Crippen LogP contribution in [0.1, 0.15) is 64.0 Å². The van der Waals surface area contributed by atoms with Gasteiger partial charge in [0.25, 0.3) is 0 Å². The third-order valence-electron chi connectivity index (χ3n) is 6.09. The lowest BCUT2D eigenvalue weighted by molar-refractivity contribution is 0.199. The van der Waals surface area contributed by atoms with E-state index in [1.807, 2.05) is 13.0 Å². The summed E-state index contributed by atoms with van der Waals surface area (Å²) >= 11 is 0. The molecule has 1 aliphatic heterocycles. The van der Waals surface area contributed by atoms with Crippen LogP contribution in [0, 0.1) is 0 Å². The summed E-state index contributed by atoms with van der Waals surface area (Å²) in [5.41, 5.74) is 3.71. The second kappa shape index (κ2) is 6.75. The zero-order chi connectivity index (χ0) is 17.3. The van der Waals surface area contributed by atoms with Gasteiger partial charge in [0, 0.05) is 23.2 Å². The number of nitrogens with zero attached hydrogens (tertiary/aromatic N) is 1. The van der Waals surface area contributed by atoms with Gasteiger partial charge in [-0.1, -0.05) is 39.2 Å². The molecule has 1 saturated heterocycles. The minimum atomic E-state index is -0.844. The second-order valence-corrected chi connectivity index (χ2v) is 7.72. The lowest BCUT2D eigenvalue weighted by atomic mass is 9.80. The summed E-state index contributed by atoms with van der Waals surface area (Å²) in [4.78, 5) is 13.5. The maximum absolute atomic E-state index is 11.9. The molecule has 3 rings (SSSR count). The first-order valence-corrected chi connectivity index (χ1v) is 9.36. The van der Waals surface area contributed by atoms with Crippen LogP contribution < -0.4 is 10.2 Å². The molecule has 1 fully saturated rings. The molecule has 2 aliphatic rings. The summed E-state index contributed by atoms with van der Waals surface area (Å²) in [5.74, 6) is 0. The Morgan fingerprint density at radius 3 is 2.96 bits per heavy atom. The van der Waals surface area contributed by atoms with E-state index >= 15 is 0 Å². The zero-order valence-electron chi connectivity index (χ0n) is 15.1. The molecule has 4 heteroatoms. The van der Waals surface area contributed by atoms with E-state index < -0.39 is 6.09 Å². The standard InChI is InChI=1S/C20H30N2O2/c1-4-5-6-7-14(2)22(19(23)24)16-9-8-15-12-18-20(3,10-11-21-18)17(15)13-16/h8-9,13-14,18,21H,4-7,10-12H2,1-3H3,(H,23,24)/t14?,18-,20+/m1/s1. The van der Waals surface area contributed by atoms with Gasteiger partial charge in [-0.2, -0.15) is 0 Å². The van der Waals surface area contributed by atoms with Crippen LogP contribution in [0.5, 0.6) is 0 Å². The van der Waals surface area contributed by atoms with Crippen LogP contribution in [-0.2, 0) is 11.8 Å². The highest BCUT2D eigenvalue weighted by molar-refractivity contribution is 5.87. The van der Waals surface area contributed by atoms with E-state index in [9.17, 15) is 9.90 Å². The van der Waals surface area contributed by atoms with Crippen LogP contribution in [0.4, 0.5) is 10.5 Å². The van der Waals surface area contributed by atoms with Crippen molar-refractivity contribution in [2.24, 2.45) is 0 Å². The van der Waals surface area contributed by atoms with Crippen molar-refractivity contribution >= 4 is 11.8 Å². The molecule has 0 bridgehead atoms. The summed E-state index contributed by atoms with van der Waals surface area (Å²) in [5, 5.41) is 13.4. The predicted octanol–water partition coefficient (Wildman–Crippen LogP) is 4.32. The van der Waals surface area contributed by atoms with Gasteiger partial charge < -0.3 is 10.4 Å². The summed E-state index contributed by atoms with van der Waals surface area (Å²) in [7, 11) is 0. The van der Waals surface area contributed by atoms with Crippen molar-refractivity contribution in [3.8, 4) is 0 Å². The van der Waals surface area contributed by atoms with Gasteiger partial charge in [-0.25, -0.2) is 4.79 Å². The predicted molar refractivity (Wildman–Crippen MR) is 98.0 cm³/mol. The fraction of sp³-hybridized carbons (Fsp3) is 0.650. The highest BCUT2D eigenvalue weighted by Gasteiger charge is 2.46. The molecule has 1 aliphatic carbocycles. The fourth-order valence-electron chi connectivity index (χ4n) is 4.54. The van der Waals surface area contributed by atoms with E-state index in [1.165, 1.54) is 11.1 Å². The van der Waals surface area contributed by atoms with E-state index in [1.54, 1.807) is 4.90 Å². The van der Waals surface area contributed by atoms with Gasteiger partial charge in [0.2, 0.25) is 0 Å². The van der Waals surface area contributed by atoms with Crippen LogP contribution in [0.3, 0.4) is 0 Å². The Morgan fingerprint density at radius 2 is 2.25 bits per heavy atom. The third kappa shape index (κ3) is 2.92. The molecule has 0 aromatic heterocycles. The van der Waals surface area contributed by atoms with E-state index in [4.69, 9.17) is 0 Å². The van der Waals surface area contributed by atoms with Crippen molar-refractivity contribution in [1.82, 2.24) is 5.32 Å². The van der Waals surface area contributed by atoms with Crippen LogP contribution in [0.2, 0.25) is 0 Å². The van der Waals surface area contributed by atoms with E-state index in [-0.39, 0.29) is 11.5 Å². The molecule has 3 atom stereocenters. The lowest BCUT2D eigenvalue weighted by Crippen LogP contribution is -2.38. The first-order valence-electron chi connectivity index (χ1n) is 9.36. The number of hydrogen-bond donors (Lipinski definition) is 2. The van der Waals surface area contributed by atoms with Crippen LogP contribution in [-0.4, -0.2) is 29.8 Å². The largest absolute Gasteiger partial charge is 0.465 e. The van der Waals surface area contributed by atoms with Gasteiger partial charge in [0.1, 0.15) is 0 Å². The minimum Gasteiger partial charge on any atom is -0.465 e. The molecule has 1 heterocycles. The Balaban J connectivity index is 1.86. The number of fused-ring (bicyclic) bond motifs is 3. The summed E-state index contributed by atoms with van der Waals surface area (Å²) in [6.07, 6.45) is 5.66. The van der Waals surface area contributed by atoms with Crippen molar-refractivity contribution in [1.29, 1.82) is 0 Å². The molecule has 1 aromatic carbocycles. The van der Waals surface area contributed by atoms with Crippen molar-refractivity contribution in [3.63, 3.8) is 0 Å². The molecular formula is C20H30N2O2. The minimum absolute atomic E-state index is 0.0128. The molecule has 1 amide bonds. The SMILES string of the molecule is CCCCCC(C)N(C(=O)O)c1ccc2c(c1)[C@]1(C)CCN[C@@H]1C2. The van der Waals surface area contributed by atoms with Crippen molar-refractivity contribution in [3.05, 3.63) is 29.3 Å². The first kappa shape index (κ1) is 17.3. The number of carboxylic acid groups (broad SMARTS) is 1. The van der Waals surface area contributed by atoms with E-state index in [0.717, 1.165) is 50.8 Å². The van der Waals surface area contributed by atoms with Crippen molar-refractivity contribution < 1.29 is 9.90 Å². The molecular weight excluding hydrogens is 300 g/mol. The van der Waals surface area contributed by atoms with Crippen molar-refractivity contribution in [2.75, 3.05) is 11.4 Å². The zero-order valence-corrected chi connectivity index (χ0v) is 15.1. The molecule has 0 radical (unpaired) electrons. The van der Waals surface area contributed by atoms with Crippen LogP contribution in [0.25, 0.3) is 0 Å². The lowest BCUT2D eigenvalue weighted by Gasteiger charge is -2.29. The Kier molecular flexibility index (Phi) is 4.86. The second-order valence-electron chi connectivity index (χ2n) is 7.72. The quantitative estimate of drug-likeness (QED) is 0.764. The number of nitrogens with one attached hydrogen (secondary N) is 1. The van der Waals surface area contributed by atoms with Gasteiger partial charge in [0.15, 0.2) is 0 Å². The van der Waals surface area contributed by atoms with Crippen molar-refractivity contribution in [2.45, 2.75) is 76.8 Å². The molecule has 1 aromatic rings. The topological polar surface area (TPSA) is 52.6 Å². The molecule has 2 N–H and O–H groups in total. The molecule has 24 heavy (non-hydrogen) atoms. The normalized spacial score (nSPS) is 26.0. The average molecular weight is 330 g/mol. The number of amides is 1. The van der Waals surface area contributed by atoms with E-state index in [2.05, 4.69) is 31.3 Å². The van der Waals surface area contributed by atoms with Gasteiger partial charge in [0.05, 0.1) is 0 Å². The Hall–Kier alpha value is -1.55. The number of carbonyl (C=O) groups is 1. The number of hydrogen-bond acceptors (Lipinski definition) is 2. The van der Waals surface area contributed by atoms with Gasteiger partial charge in [-0.3, -0.25) is 4.90 Å². The number of rotatable bonds is 6. The Bertz CT molecular complexity index is 616. The smallest absolute Gasteiger partial charge is 0.412 e. The first-order chi connectivity index (χ1) is 11.5. The summed E-state index contributed by atoms with van der Waals surface area (Å²) < 4.78 is 0. The monoisotopic (exact) mass is 330 g/mol. The third-order valence-corrected chi connectivity index (χ3v) is 6.09. The maximum atomic E-state index is 11.9. The van der Waals surface area contributed by atoms with Gasteiger partial charge >= 0.3 is 6.09 Å². The van der Waals surface area contributed by atoms with Crippen LogP contribution >= 0.6 is 0 Å². The molecule has 0 saturated carbocycles. The van der Waals surface area contributed by atoms with Crippen LogP contribution in [0.15, 0.2) is 18.2 Å². The average Bonchev–Trinajstić information content (AvgIpc) is 3.02. The number of unbranched alkanes of at least 4 members (excludes halogenated alkanes) is 2. The molecule has 4 nitrogen and oxygen atoms in total. The van der Waals surface area contributed by atoms with Gasteiger partial charge in [-0.15, -0.1) is 0 Å². The molecule has 1 unspecified atom stereocenters. The summed E-state index contributed by atoms with van der Waals surface area (Å²) in [6, 6.07) is 6.80. The maximum Gasteiger partial charge on any atom is 0.412 e. The number of benzene rings is 1. The fourth-order valence-corrected chi connectivity index (χ4v) is 4.54. The van der Waals surface area contributed by atoms with Gasteiger partial charge in [-0.05, 0) is 56.0 Å². The van der Waals surface area contributed by atoms with E-state index in [0.29, 0.717) is 6.04 Å². The molecule has 132 valence electrons. The Morgan fingerprint density at radius 1 is 1.46 bits per heavy atom.